The van der Waals surface area contributed by atoms with Gasteiger partial charge in [-0.3, -0.25) is 0 Å². The van der Waals surface area contributed by atoms with Gasteiger partial charge in [0.05, 0.1) is 7.11 Å². The quantitative estimate of drug-likeness (QED) is 0.821. The zero-order valence-electron chi connectivity index (χ0n) is 8.48. The Bertz CT molecular complexity index is 495. The van der Waals surface area contributed by atoms with Crippen LogP contribution in [-0.4, -0.2) is 21.3 Å². The fraction of sp³-hybridized carbons (Fsp3) is 0.200. The molecule has 0 aliphatic rings. The highest BCUT2D eigenvalue weighted by Gasteiger charge is 2.29. The van der Waals surface area contributed by atoms with Gasteiger partial charge in [-0.15, -0.1) is 0 Å². The molecule has 1 aromatic rings. The zero-order chi connectivity index (χ0) is 12.3. The molecule has 0 radical (unpaired) electrons. The maximum Gasteiger partial charge on any atom is 0.341 e. The van der Waals surface area contributed by atoms with E-state index in [9.17, 15) is 17.2 Å². The average Bonchev–Trinajstić information content (AvgIpc) is 2.27. The minimum Gasteiger partial charge on any atom is -0.495 e. The molecule has 0 aromatic heterocycles. The van der Waals surface area contributed by atoms with Gasteiger partial charge in [0.1, 0.15) is 10.6 Å². The van der Waals surface area contributed by atoms with E-state index in [2.05, 4.69) is 6.58 Å². The predicted octanol–water partition coefficient (Wildman–Crippen LogP) is 2.33. The van der Waals surface area contributed by atoms with E-state index in [4.69, 9.17) is 4.74 Å². The van der Waals surface area contributed by atoms with Crippen molar-refractivity contribution in [3.63, 3.8) is 0 Å². The molecule has 0 spiro atoms. The standard InChI is InChI=1S/C10H10F2O3S/c1-3-7-4-5-9(8(6-7)15-2)16(13,14)10(11)12/h3-6,10H,1H2,2H3. The first-order valence-electron chi connectivity index (χ1n) is 4.26. The number of methoxy groups -OCH3 is 1. The van der Waals surface area contributed by atoms with E-state index in [0.717, 1.165) is 6.07 Å². The van der Waals surface area contributed by atoms with Crippen molar-refractivity contribution in [1.29, 1.82) is 0 Å². The zero-order valence-corrected chi connectivity index (χ0v) is 9.30. The van der Waals surface area contributed by atoms with Gasteiger partial charge in [-0.05, 0) is 17.7 Å². The summed E-state index contributed by atoms with van der Waals surface area (Å²) in [5.74, 6) is -3.58. The van der Waals surface area contributed by atoms with Crippen molar-refractivity contribution < 1.29 is 21.9 Å². The van der Waals surface area contributed by atoms with Crippen molar-refractivity contribution in [2.24, 2.45) is 0 Å². The molecule has 0 saturated heterocycles. The van der Waals surface area contributed by atoms with Crippen LogP contribution in [0.2, 0.25) is 0 Å². The highest BCUT2D eigenvalue weighted by Crippen LogP contribution is 2.29. The van der Waals surface area contributed by atoms with Gasteiger partial charge in [0.15, 0.2) is 0 Å². The first kappa shape index (κ1) is 12.6. The Balaban J connectivity index is 3.41. The number of rotatable bonds is 4. The van der Waals surface area contributed by atoms with Crippen LogP contribution in [0, 0.1) is 0 Å². The molecule has 0 aliphatic heterocycles. The Morgan fingerprint density at radius 3 is 2.50 bits per heavy atom. The third-order valence-electron chi connectivity index (χ3n) is 1.96. The van der Waals surface area contributed by atoms with Crippen molar-refractivity contribution in [3.05, 3.63) is 30.3 Å². The van der Waals surface area contributed by atoms with E-state index in [0.29, 0.717) is 5.56 Å². The molecule has 0 heterocycles. The summed E-state index contributed by atoms with van der Waals surface area (Å²) in [5, 5.41) is 0. The highest BCUT2D eigenvalue weighted by molar-refractivity contribution is 7.91. The molecule has 3 nitrogen and oxygen atoms in total. The SMILES string of the molecule is C=Cc1ccc(S(=O)(=O)C(F)F)c(OC)c1. The number of ether oxygens (including phenoxy) is 1. The van der Waals surface area contributed by atoms with Gasteiger partial charge < -0.3 is 4.74 Å². The minimum absolute atomic E-state index is 0.113. The number of sulfone groups is 1. The summed E-state index contributed by atoms with van der Waals surface area (Å²) in [5.41, 5.74) is 0.588. The van der Waals surface area contributed by atoms with Gasteiger partial charge in [-0.2, -0.15) is 8.78 Å². The molecule has 1 aromatic carbocycles. The highest BCUT2D eigenvalue weighted by atomic mass is 32.2. The summed E-state index contributed by atoms with van der Waals surface area (Å²) in [7, 11) is -3.42. The van der Waals surface area contributed by atoms with Crippen molar-refractivity contribution in [2.75, 3.05) is 7.11 Å². The number of alkyl halides is 2. The minimum atomic E-state index is -4.64. The lowest BCUT2D eigenvalue weighted by molar-refractivity contribution is 0.234. The van der Waals surface area contributed by atoms with E-state index < -0.39 is 20.5 Å². The van der Waals surface area contributed by atoms with Gasteiger partial charge >= 0.3 is 5.76 Å². The van der Waals surface area contributed by atoms with E-state index in [1.165, 1.54) is 25.3 Å². The molecule has 0 saturated carbocycles. The fourth-order valence-electron chi connectivity index (χ4n) is 1.14. The third kappa shape index (κ3) is 2.21. The van der Waals surface area contributed by atoms with E-state index >= 15 is 0 Å². The van der Waals surface area contributed by atoms with Crippen molar-refractivity contribution >= 4 is 15.9 Å². The summed E-state index contributed by atoms with van der Waals surface area (Å²) in [6, 6.07) is 3.80. The molecular weight excluding hydrogens is 238 g/mol. The largest absolute Gasteiger partial charge is 0.495 e. The van der Waals surface area contributed by atoms with Crippen molar-refractivity contribution in [1.82, 2.24) is 0 Å². The molecule has 88 valence electrons. The van der Waals surface area contributed by atoms with Crippen LogP contribution in [0.3, 0.4) is 0 Å². The normalized spacial score (nSPS) is 11.5. The lowest BCUT2D eigenvalue weighted by Crippen LogP contribution is -2.12. The average molecular weight is 248 g/mol. The summed E-state index contributed by atoms with van der Waals surface area (Å²) >= 11 is 0. The van der Waals surface area contributed by atoms with Crippen LogP contribution >= 0.6 is 0 Å². The van der Waals surface area contributed by atoms with Gasteiger partial charge in [-0.25, -0.2) is 8.42 Å². The topological polar surface area (TPSA) is 43.4 Å². The first-order valence-corrected chi connectivity index (χ1v) is 5.80. The van der Waals surface area contributed by atoms with Gasteiger partial charge in [0, 0.05) is 0 Å². The van der Waals surface area contributed by atoms with E-state index in [1.807, 2.05) is 0 Å². The molecule has 0 bridgehead atoms. The lowest BCUT2D eigenvalue weighted by atomic mass is 10.2. The molecule has 1 rings (SSSR count). The van der Waals surface area contributed by atoms with Crippen LogP contribution < -0.4 is 4.74 Å². The number of hydrogen-bond donors (Lipinski definition) is 0. The second-order valence-electron chi connectivity index (χ2n) is 2.92. The van der Waals surface area contributed by atoms with Gasteiger partial charge in [0.2, 0.25) is 9.84 Å². The molecule has 0 aliphatic carbocycles. The number of halogens is 2. The molecule has 0 N–H and O–H groups in total. The van der Waals surface area contributed by atoms with Crippen LogP contribution in [-0.2, 0) is 9.84 Å². The van der Waals surface area contributed by atoms with Crippen molar-refractivity contribution in [3.8, 4) is 5.75 Å². The molecule has 16 heavy (non-hydrogen) atoms. The van der Waals surface area contributed by atoms with Gasteiger partial charge in [0.25, 0.3) is 0 Å². The molecule has 0 fully saturated rings. The second kappa shape index (κ2) is 4.61. The number of benzene rings is 1. The maximum atomic E-state index is 12.3. The maximum absolute atomic E-state index is 12.3. The summed E-state index contributed by atoms with van der Waals surface area (Å²) in [6.45, 7) is 3.48. The molecule has 0 unspecified atom stereocenters. The lowest BCUT2D eigenvalue weighted by Gasteiger charge is -2.09. The van der Waals surface area contributed by atoms with Crippen LogP contribution in [0.4, 0.5) is 8.78 Å². The Hall–Kier alpha value is -1.43. The summed E-state index contributed by atoms with van der Waals surface area (Å²) in [4.78, 5) is -0.518. The van der Waals surface area contributed by atoms with E-state index in [-0.39, 0.29) is 5.75 Å². The molecule has 0 atom stereocenters. The molecule has 6 heteroatoms. The monoisotopic (exact) mass is 248 g/mol. The Morgan fingerprint density at radius 1 is 1.44 bits per heavy atom. The molecule has 0 amide bonds. The fourth-order valence-corrected chi connectivity index (χ4v) is 2.01. The van der Waals surface area contributed by atoms with Crippen molar-refractivity contribution in [2.45, 2.75) is 10.7 Å². The predicted molar refractivity (Wildman–Crippen MR) is 56.3 cm³/mol. The van der Waals surface area contributed by atoms with Gasteiger partial charge in [-0.1, -0.05) is 18.7 Å². The number of hydrogen-bond acceptors (Lipinski definition) is 3. The Morgan fingerprint density at radius 2 is 2.06 bits per heavy atom. The van der Waals surface area contributed by atoms with E-state index in [1.54, 1.807) is 0 Å². The Labute approximate surface area is 92.3 Å². The summed E-state index contributed by atoms with van der Waals surface area (Å²) in [6.07, 6.45) is 1.46. The Kier molecular flexibility index (Phi) is 3.64. The second-order valence-corrected chi connectivity index (χ2v) is 4.81. The molecular formula is C10H10F2O3S. The smallest absolute Gasteiger partial charge is 0.341 e. The summed E-state index contributed by atoms with van der Waals surface area (Å²) < 4.78 is 51.9. The van der Waals surface area contributed by atoms with Crippen LogP contribution in [0.1, 0.15) is 5.56 Å². The van der Waals surface area contributed by atoms with Crippen LogP contribution in [0.15, 0.2) is 29.7 Å². The van der Waals surface area contributed by atoms with Crippen LogP contribution in [0.5, 0.6) is 5.75 Å². The van der Waals surface area contributed by atoms with Crippen LogP contribution in [0.25, 0.3) is 6.08 Å². The first-order chi connectivity index (χ1) is 7.43. The third-order valence-corrected chi connectivity index (χ3v) is 3.38.